The fraction of sp³-hybridized carbons (Fsp3) is 0. The Morgan fingerprint density at radius 2 is 1.89 bits per heavy atom. The second-order valence-electron chi connectivity index (χ2n) is 3.87. The lowest BCUT2D eigenvalue weighted by Crippen LogP contribution is -1.97. The van der Waals surface area contributed by atoms with Crippen molar-refractivity contribution in [3.8, 4) is 5.75 Å². The Morgan fingerprint density at radius 3 is 2.74 bits per heavy atom. The zero-order valence-corrected chi connectivity index (χ0v) is 10.5. The van der Waals surface area contributed by atoms with E-state index in [0.29, 0.717) is 27.7 Å². The van der Waals surface area contributed by atoms with E-state index < -0.39 is 0 Å². The number of hydrogen-bond acceptors (Lipinski definition) is 5. The Morgan fingerprint density at radius 1 is 1.05 bits per heavy atom. The topological polar surface area (TPSA) is 70.9 Å². The standard InChI is InChI=1S/C13H9ClN4O/c14-11-6-5-9-12(18-11)13(16-7-15-9)17-8-3-1-2-4-10(8)19/h1-7,19H,(H,15,16,17). The second kappa shape index (κ2) is 4.70. The quantitative estimate of drug-likeness (QED) is 0.554. The SMILES string of the molecule is Oc1ccccc1Nc1ncnc2ccc(Cl)nc12. The van der Waals surface area contributed by atoms with Crippen molar-refractivity contribution in [1.82, 2.24) is 15.0 Å². The molecular formula is C13H9ClN4O. The van der Waals surface area contributed by atoms with Crippen molar-refractivity contribution in [3.05, 3.63) is 47.9 Å². The van der Waals surface area contributed by atoms with Gasteiger partial charge in [-0.1, -0.05) is 23.7 Å². The number of pyridine rings is 1. The first-order chi connectivity index (χ1) is 9.24. The number of hydrogen-bond donors (Lipinski definition) is 2. The Kier molecular flexibility index (Phi) is 2.89. The van der Waals surface area contributed by atoms with Gasteiger partial charge >= 0.3 is 0 Å². The molecule has 2 aromatic heterocycles. The van der Waals surface area contributed by atoms with E-state index in [1.807, 2.05) is 6.07 Å². The number of aromatic nitrogens is 3. The number of halogens is 1. The fourth-order valence-corrected chi connectivity index (χ4v) is 1.86. The maximum atomic E-state index is 9.75. The van der Waals surface area contributed by atoms with E-state index in [2.05, 4.69) is 20.3 Å². The number of phenolic OH excluding ortho intramolecular Hbond substituents is 1. The summed E-state index contributed by atoms with van der Waals surface area (Å²) in [6.45, 7) is 0. The minimum Gasteiger partial charge on any atom is -0.506 e. The molecule has 2 heterocycles. The van der Waals surface area contributed by atoms with Gasteiger partial charge in [-0.2, -0.15) is 0 Å². The highest BCUT2D eigenvalue weighted by atomic mass is 35.5. The van der Waals surface area contributed by atoms with Crippen LogP contribution in [0.2, 0.25) is 5.15 Å². The van der Waals surface area contributed by atoms with Crippen LogP contribution in [0.3, 0.4) is 0 Å². The van der Waals surface area contributed by atoms with Gasteiger partial charge in [0.1, 0.15) is 22.7 Å². The van der Waals surface area contributed by atoms with Crippen LogP contribution in [0.1, 0.15) is 0 Å². The average molecular weight is 273 g/mol. The van der Waals surface area contributed by atoms with Gasteiger partial charge in [-0.05, 0) is 24.3 Å². The van der Waals surface area contributed by atoms with Gasteiger partial charge in [-0.3, -0.25) is 0 Å². The molecule has 0 unspecified atom stereocenters. The molecule has 94 valence electrons. The normalized spacial score (nSPS) is 10.6. The third-order valence-electron chi connectivity index (χ3n) is 2.61. The maximum absolute atomic E-state index is 9.75. The van der Waals surface area contributed by atoms with Gasteiger partial charge in [0, 0.05) is 0 Å². The smallest absolute Gasteiger partial charge is 0.160 e. The fourth-order valence-electron chi connectivity index (χ4n) is 1.71. The van der Waals surface area contributed by atoms with Gasteiger partial charge < -0.3 is 10.4 Å². The second-order valence-corrected chi connectivity index (χ2v) is 4.25. The highest BCUT2D eigenvalue weighted by Gasteiger charge is 2.08. The predicted octanol–water partition coefficient (Wildman–Crippen LogP) is 3.13. The van der Waals surface area contributed by atoms with E-state index in [0.717, 1.165) is 0 Å². The monoisotopic (exact) mass is 272 g/mol. The molecule has 1 aromatic carbocycles. The molecule has 3 aromatic rings. The Labute approximate surface area is 113 Å². The van der Waals surface area contributed by atoms with Gasteiger partial charge in [-0.15, -0.1) is 0 Å². The lowest BCUT2D eigenvalue weighted by molar-refractivity contribution is 0.478. The number of para-hydroxylation sites is 2. The molecule has 0 spiro atoms. The number of benzene rings is 1. The molecule has 0 radical (unpaired) electrons. The van der Waals surface area contributed by atoms with E-state index in [1.54, 1.807) is 30.3 Å². The van der Waals surface area contributed by atoms with Crippen LogP contribution in [0.25, 0.3) is 11.0 Å². The molecule has 6 heteroatoms. The summed E-state index contributed by atoms with van der Waals surface area (Å²) < 4.78 is 0. The van der Waals surface area contributed by atoms with Crippen LogP contribution >= 0.6 is 11.6 Å². The van der Waals surface area contributed by atoms with E-state index in [-0.39, 0.29) is 5.75 Å². The van der Waals surface area contributed by atoms with Crippen LogP contribution in [0.4, 0.5) is 11.5 Å². The van der Waals surface area contributed by atoms with Gasteiger partial charge in [0.05, 0.1) is 11.2 Å². The number of rotatable bonds is 2. The lowest BCUT2D eigenvalue weighted by atomic mass is 10.3. The van der Waals surface area contributed by atoms with Crippen molar-refractivity contribution in [2.75, 3.05) is 5.32 Å². The summed E-state index contributed by atoms with van der Waals surface area (Å²) in [6.07, 6.45) is 1.43. The van der Waals surface area contributed by atoms with Crippen molar-refractivity contribution in [3.63, 3.8) is 0 Å². The van der Waals surface area contributed by atoms with Crippen LogP contribution in [0.5, 0.6) is 5.75 Å². The number of phenols is 1. The number of aromatic hydroxyl groups is 1. The number of anilines is 2. The molecule has 3 rings (SSSR count). The molecule has 0 fully saturated rings. The highest BCUT2D eigenvalue weighted by Crippen LogP contribution is 2.27. The molecule has 0 atom stereocenters. The van der Waals surface area contributed by atoms with Crippen LogP contribution in [-0.4, -0.2) is 20.1 Å². The van der Waals surface area contributed by atoms with Crippen molar-refractivity contribution >= 4 is 34.1 Å². The van der Waals surface area contributed by atoms with Crippen molar-refractivity contribution in [2.24, 2.45) is 0 Å². The zero-order valence-electron chi connectivity index (χ0n) is 9.71. The summed E-state index contributed by atoms with van der Waals surface area (Å²) in [7, 11) is 0. The minimum atomic E-state index is 0.135. The van der Waals surface area contributed by atoms with Crippen molar-refractivity contribution < 1.29 is 5.11 Å². The summed E-state index contributed by atoms with van der Waals surface area (Å²) >= 11 is 5.88. The molecule has 0 saturated heterocycles. The Balaban J connectivity index is 2.10. The molecule has 5 nitrogen and oxygen atoms in total. The summed E-state index contributed by atoms with van der Waals surface area (Å²) in [5.74, 6) is 0.630. The van der Waals surface area contributed by atoms with Crippen molar-refractivity contribution in [2.45, 2.75) is 0 Å². The third-order valence-corrected chi connectivity index (χ3v) is 2.82. The number of nitrogens with one attached hydrogen (secondary N) is 1. The van der Waals surface area contributed by atoms with Crippen LogP contribution < -0.4 is 5.32 Å². The average Bonchev–Trinajstić information content (AvgIpc) is 2.42. The summed E-state index contributed by atoms with van der Waals surface area (Å²) in [5, 5.41) is 13.1. The molecule has 19 heavy (non-hydrogen) atoms. The zero-order chi connectivity index (χ0) is 13.2. The number of nitrogens with zero attached hydrogens (tertiary/aromatic N) is 3. The first-order valence-electron chi connectivity index (χ1n) is 5.56. The summed E-state index contributed by atoms with van der Waals surface area (Å²) in [4.78, 5) is 12.4. The van der Waals surface area contributed by atoms with E-state index in [1.165, 1.54) is 6.33 Å². The first-order valence-corrected chi connectivity index (χ1v) is 5.94. The van der Waals surface area contributed by atoms with Crippen LogP contribution in [0.15, 0.2) is 42.7 Å². The Bertz CT molecular complexity index is 748. The first kappa shape index (κ1) is 11.7. The van der Waals surface area contributed by atoms with Crippen molar-refractivity contribution in [1.29, 1.82) is 0 Å². The molecule has 2 N–H and O–H groups in total. The molecule has 0 aliphatic carbocycles. The Hall–Kier alpha value is -2.40. The molecule has 0 saturated carbocycles. The van der Waals surface area contributed by atoms with E-state index in [4.69, 9.17) is 11.6 Å². The van der Waals surface area contributed by atoms with Crippen LogP contribution in [-0.2, 0) is 0 Å². The largest absolute Gasteiger partial charge is 0.506 e. The predicted molar refractivity (Wildman–Crippen MR) is 73.7 cm³/mol. The van der Waals surface area contributed by atoms with E-state index >= 15 is 0 Å². The highest BCUT2D eigenvalue weighted by molar-refractivity contribution is 6.29. The van der Waals surface area contributed by atoms with Gasteiger partial charge in [0.25, 0.3) is 0 Å². The van der Waals surface area contributed by atoms with Gasteiger partial charge in [-0.25, -0.2) is 15.0 Å². The van der Waals surface area contributed by atoms with Gasteiger partial charge in [0.2, 0.25) is 0 Å². The summed E-state index contributed by atoms with van der Waals surface area (Å²) in [5.41, 5.74) is 1.78. The minimum absolute atomic E-state index is 0.135. The van der Waals surface area contributed by atoms with Crippen LogP contribution in [0, 0.1) is 0 Å². The van der Waals surface area contributed by atoms with E-state index in [9.17, 15) is 5.11 Å². The number of fused-ring (bicyclic) bond motifs is 1. The molecule has 0 amide bonds. The molecule has 0 aliphatic heterocycles. The molecule has 0 bridgehead atoms. The third kappa shape index (κ3) is 2.28. The molecule has 0 aliphatic rings. The lowest BCUT2D eigenvalue weighted by Gasteiger charge is -2.08. The molecular weight excluding hydrogens is 264 g/mol. The maximum Gasteiger partial charge on any atom is 0.160 e. The van der Waals surface area contributed by atoms with Gasteiger partial charge in [0.15, 0.2) is 5.82 Å². The summed E-state index contributed by atoms with van der Waals surface area (Å²) in [6, 6.07) is 10.3.